The van der Waals surface area contributed by atoms with Crippen molar-refractivity contribution in [3.8, 4) is 0 Å². The first-order valence-corrected chi connectivity index (χ1v) is 6.95. The van der Waals surface area contributed by atoms with E-state index in [1.54, 1.807) is 0 Å². The second-order valence-electron chi connectivity index (χ2n) is 6.72. The van der Waals surface area contributed by atoms with E-state index in [-0.39, 0.29) is 23.3 Å². The summed E-state index contributed by atoms with van der Waals surface area (Å²) in [7, 11) is 0. The molecule has 19 heavy (non-hydrogen) atoms. The van der Waals surface area contributed by atoms with Gasteiger partial charge in [0.25, 0.3) is 0 Å². The normalized spacial score (nSPS) is 23.7. The number of hydrogen-bond acceptors (Lipinski definition) is 2. The van der Waals surface area contributed by atoms with Crippen molar-refractivity contribution in [3.05, 3.63) is 35.9 Å². The second kappa shape index (κ2) is 5.33. The van der Waals surface area contributed by atoms with E-state index in [0.717, 1.165) is 6.54 Å². The molecule has 1 aromatic carbocycles. The Labute approximate surface area is 115 Å². The van der Waals surface area contributed by atoms with Gasteiger partial charge in [0.1, 0.15) is 0 Å². The van der Waals surface area contributed by atoms with Gasteiger partial charge in [-0.2, -0.15) is 0 Å². The SMILES string of the molecule is CC(C)(C)CC(=O)N1C[C@@H](N)[C@H](c2ccccc2)C1. The lowest BCUT2D eigenvalue weighted by Crippen LogP contribution is -2.34. The molecule has 0 saturated carbocycles. The summed E-state index contributed by atoms with van der Waals surface area (Å²) in [5.41, 5.74) is 7.48. The van der Waals surface area contributed by atoms with E-state index in [9.17, 15) is 4.79 Å². The molecule has 0 aromatic heterocycles. The van der Waals surface area contributed by atoms with Gasteiger partial charge in [-0.1, -0.05) is 51.1 Å². The first-order chi connectivity index (χ1) is 8.87. The summed E-state index contributed by atoms with van der Waals surface area (Å²) in [6.45, 7) is 7.70. The van der Waals surface area contributed by atoms with Gasteiger partial charge in [-0.25, -0.2) is 0 Å². The van der Waals surface area contributed by atoms with Gasteiger partial charge in [-0.05, 0) is 11.0 Å². The highest BCUT2D eigenvalue weighted by Crippen LogP contribution is 2.28. The van der Waals surface area contributed by atoms with E-state index in [1.165, 1.54) is 5.56 Å². The predicted molar refractivity (Wildman–Crippen MR) is 77.8 cm³/mol. The number of benzene rings is 1. The third-order valence-electron chi connectivity index (χ3n) is 3.63. The summed E-state index contributed by atoms with van der Waals surface area (Å²) in [5, 5.41) is 0. The average Bonchev–Trinajstić information content (AvgIpc) is 2.70. The number of nitrogens with two attached hydrogens (primary N) is 1. The van der Waals surface area contributed by atoms with Crippen molar-refractivity contribution in [2.75, 3.05) is 13.1 Å². The Kier molecular flexibility index (Phi) is 3.95. The quantitative estimate of drug-likeness (QED) is 0.887. The molecular weight excluding hydrogens is 236 g/mol. The lowest BCUT2D eigenvalue weighted by molar-refractivity contribution is -0.132. The lowest BCUT2D eigenvalue weighted by Gasteiger charge is -2.23. The standard InChI is InChI=1S/C16H24N2O/c1-16(2,3)9-15(19)18-10-13(14(17)11-18)12-7-5-4-6-8-12/h4-8,13-14H,9-11,17H2,1-3H3/t13-,14+/m0/s1. The fourth-order valence-electron chi connectivity index (χ4n) is 2.65. The third kappa shape index (κ3) is 3.57. The van der Waals surface area contributed by atoms with Crippen LogP contribution in [0.2, 0.25) is 0 Å². The summed E-state index contributed by atoms with van der Waals surface area (Å²) in [6.07, 6.45) is 0.585. The number of rotatable bonds is 2. The Bertz CT molecular complexity index is 436. The smallest absolute Gasteiger partial charge is 0.223 e. The molecule has 3 nitrogen and oxygen atoms in total. The first kappa shape index (κ1) is 14.1. The van der Waals surface area contributed by atoms with Crippen molar-refractivity contribution < 1.29 is 4.79 Å². The van der Waals surface area contributed by atoms with Crippen LogP contribution >= 0.6 is 0 Å². The van der Waals surface area contributed by atoms with Gasteiger partial charge in [0, 0.05) is 31.5 Å². The number of carbonyl (C=O) groups excluding carboxylic acids is 1. The van der Waals surface area contributed by atoms with Gasteiger partial charge >= 0.3 is 0 Å². The van der Waals surface area contributed by atoms with Crippen molar-refractivity contribution in [2.45, 2.75) is 39.2 Å². The Morgan fingerprint density at radius 3 is 2.47 bits per heavy atom. The van der Waals surface area contributed by atoms with Crippen LogP contribution in [0, 0.1) is 5.41 Å². The average molecular weight is 260 g/mol. The van der Waals surface area contributed by atoms with Crippen molar-refractivity contribution >= 4 is 5.91 Å². The van der Waals surface area contributed by atoms with E-state index in [0.29, 0.717) is 13.0 Å². The molecular formula is C16H24N2O. The Balaban J connectivity index is 2.04. The van der Waals surface area contributed by atoms with Crippen LogP contribution in [-0.2, 0) is 4.79 Å². The zero-order valence-electron chi connectivity index (χ0n) is 12.1. The van der Waals surface area contributed by atoms with E-state index in [4.69, 9.17) is 5.73 Å². The molecule has 2 rings (SSSR count). The molecule has 1 aliphatic rings. The van der Waals surface area contributed by atoms with Gasteiger partial charge < -0.3 is 10.6 Å². The number of hydrogen-bond donors (Lipinski definition) is 1. The Hall–Kier alpha value is -1.35. The van der Waals surface area contributed by atoms with Crippen LogP contribution in [0.5, 0.6) is 0 Å². The van der Waals surface area contributed by atoms with Crippen molar-refractivity contribution in [3.63, 3.8) is 0 Å². The topological polar surface area (TPSA) is 46.3 Å². The molecule has 1 heterocycles. The van der Waals surface area contributed by atoms with Crippen molar-refractivity contribution in [1.82, 2.24) is 4.90 Å². The summed E-state index contributed by atoms with van der Waals surface area (Å²) < 4.78 is 0. The predicted octanol–water partition coefficient (Wildman–Crippen LogP) is 2.38. The number of amides is 1. The molecule has 1 saturated heterocycles. The summed E-state index contributed by atoms with van der Waals surface area (Å²) in [5.74, 6) is 0.492. The molecule has 1 amide bonds. The molecule has 0 aliphatic carbocycles. The molecule has 104 valence electrons. The van der Waals surface area contributed by atoms with Gasteiger partial charge in [0.05, 0.1) is 0 Å². The van der Waals surface area contributed by atoms with E-state index in [2.05, 4.69) is 32.9 Å². The third-order valence-corrected chi connectivity index (χ3v) is 3.63. The lowest BCUT2D eigenvalue weighted by atomic mass is 9.91. The molecule has 1 fully saturated rings. The highest BCUT2D eigenvalue weighted by atomic mass is 16.2. The van der Waals surface area contributed by atoms with Crippen LogP contribution in [0.15, 0.2) is 30.3 Å². The molecule has 2 N–H and O–H groups in total. The van der Waals surface area contributed by atoms with Gasteiger partial charge in [0.2, 0.25) is 5.91 Å². The van der Waals surface area contributed by atoms with E-state index >= 15 is 0 Å². The maximum atomic E-state index is 12.3. The van der Waals surface area contributed by atoms with Crippen LogP contribution in [0.3, 0.4) is 0 Å². The number of carbonyl (C=O) groups is 1. The van der Waals surface area contributed by atoms with Gasteiger partial charge in [-0.3, -0.25) is 4.79 Å². The van der Waals surface area contributed by atoms with E-state index < -0.39 is 0 Å². The van der Waals surface area contributed by atoms with Gasteiger partial charge in [0.15, 0.2) is 0 Å². The van der Waals surface area contributed by atoms with Crippen molar-refractivity contribution in [1.29, 1.82) is 0 Å². The van der Waals surface area contributed by atoms with Crippen molar-refractivity contribution in [2.24, 2.45) is 11.1 Å². The van der Waals surface area contributed by atoms with Crippen LogP contribution in [0.25, 0.3) is 0 Å². The fraction of sp³-hybridized carbons (Fsp3) is 0.562. The number of nitrogens with zero attached hydrogens (tertiary/aromatic N) is 1. The van der Waals surface area contributed by atoms with Crippen LogP contribution in [0.4, 0.5) is 0 Å². The Morgan fingerprint density at radius 1 is 1.26 bits per heavy atom. The second-order valence-corrected chi connectivity index (χ2v) is 6.72. The number of likely N-dealkylation sites (tertiary alicyclic amines) is 1. The zero-order chi connectivity index (χ0) is 14.0. The Morgan fingerprint density at radius 2 is 1.89 bits per heavy atom. The van der Waals surface area contributed by atoms with Crippen LogP contribution in [-0.4, -0.2) is 29.9 Å². The molecule has 2 atom stereocenters. The molecule has 3 heteroatoms. The molecule has 1 aliphatic heterocycles. The van der Waals surface area contributed by atoms with Crippen LogP contribution < -0.4 is 5.73 Å². The zero-order valence-corrected chi connectivity index (χ0v) is 12.1. The highest BCUT2D eigenvalue weighted by molar-refractivity contribution is 5.77. The highest BCUT2D eigenvalue weighted by Gasteiger charge is 2.34. The summed E-state index contributed by atoms with van der Waals surface area (Å²) >= 11 is 0. The molecule has 0 spiro atoms. The minimum absolute atomic E-state index is 0.0337. The largest absolute Gasteiger partial charge is 0.340 e. The maximum absolute atomic E-state index is 12.3. The first-order valence-electron chi connectivity index (χ1n) is 6.95. The monoisotopic (exact) mass is 260 g/mol. The molecule has 0 bridgehead atoms. The van der Waals surface area contributed by atoms with Crippen LogP contribution in [0.1, 0.15) is 38.7 Å². The minimum Gasteiger partial charge on any atom is -0.340 e. The maximum Gasteiger partial charge on any atom is 0.223 e. The van der Waals surface area contributed by atoms with Gasteiger partial charge in [-0.15, -0.1) is 0 Å². The summed E-state index contributed by atoms with van der Waals surface area (Å²) in [6, 6.07) is 10.3. The minimum atomic E-state index is 0.0337. The fourth-order valence-corrected chi connectivity index (χ4v) is 2.65. The molecule has 0 radical (unpaired) electrons. The summed E-state index contributed by atoms with van der Waals surface area (Å²) in [4.78, 5) is 14.2. The molecule has 0 unspecified atom stereocenters. The molecule has 1 aromatic rings. The van der Waals surface area contributed by atoms with E-state index in [1.807, 2.05) is 23.1 Å².